The molecular formula is C11H15ClN4O. The van der Waals surface area contributed by atoms with Gasteiger partial charge in [-0.25, -0.2) is 0 Å². The molecule has 2 aromatic rings. The molecule has 6 heteroatoms. The summed E-state index contributed by atoms with van der Waals surface area (Å²) in [5.74, 6) is 1.11. The lowest BCUT2D eigenvalue weighted by molar-refractivity contribution is 0.374. The number of anilines is 1. The van der Waals surface area contributed by atoms with Gasteiger partial charge in [-0.3, -0.25) is 0 Å². The van der Waals surface area contributed by atoms with Gasteiger partial charge < -0.3 is 15.2 Å². The fourth-order valence-corrected chi connectivity index (χ4v) is 1.42. The molecule has 2 rings (SSSR count). The number of rotatable bonds is 4. The Kier molecular flexibility index (Phi) is 4.93. The molecule has 1 aromatic heterocycles. The first-order chi connectivity index (χ1) is 7.79. The molecule has 1 aromatic carbocycles. The van der Waals surface area contributed by atoms with Crippen LogP contribution in [0.4, 0.5) is 5.69 Å². The Morgan fingerprint density at radius 2 is 2.00 bits per heavy atom. The lowest BCUT2D eigenvalue weighted by atomic mass is 10.3. The third-order valence-electron chi connectivity index (χ3n) is 2.26. The van der Waals surface area contributed by atoms with Gasteiger partial charge in [0.25, 0.3) is 0 Å². The van der Waals surface area contributed by atoms with E-state index in [2.05, 4.69) is 10.1 Å². The number of nitrogens with zero attached hydrogens (tertiary/aromatic N) is 3. The molecule has 0 unspecified atom stereocenters. The molecule has 0 aliphatic rings. The molecule has 0 aliphatic heterocycles. The molecule has 0 amide bonds. The molecule has 0 atom stereocenters. The van der Waals surface area contributed by atoms with Crippen LogP contribution in [0.5, 0.6) is 0 Å². The summed E-state index contributed by atoms with van der Waals surface area (Å²) < 4.78 is 4.94. The van der Waals surface area contributed by atoms with E-state index < -0.39 is 0 Å². The Hall–Kier alpha value is -1.59. The summed E-state index contributed by atoms with van der Waals surface area (Å²) in [7, 11) is 1.98. The molecule has 92 valence electrons. The Bertz CT molecular complexity index is 446. The number of benzene rings is 1. The average molecular weight is 255 g/mol. The zero-order valence-electron chi connectivity index (χ0n) is 9.54. The highest BCUT2D eigenvalue weighted by molar-refractivity contribution is 5.85. The highest BCUT2D eigenvalue weighted by Gasteiger charge is 2.07. The maximum Gasteiger partial charge on any atom is 0.240 e. The van der Waals surface area contributed by atoms with Gasteiger partial charge in [-0.1, -0.05) is 23.4 Å². The zero-order chi connectivity index (χ0) is 11.4. The van der Waals surface area contributed by atoms with Crippen molar-refractivity contribution in [2.45, 2.75) is 13.1 Å². The number of hydrogen-bond donors (Lipinski definition) is 1. The number of halogens is 1. The van der Waals surface area contributed by atoms with Crippen molar-refractivity contribution in [3.05, 3.63) is 42.0 Å². The summed E-state index contributed by atoms with van der Waals surface area (Å²) in [6.07, 6.45) is 0. The van der Waals surface area contributed by atoms with Gasteiger partial charge in [-0.2, -0.15) is 4.98 Å². The zero-order valence-corrected chi connectivity index (χ0v) is 10.4. The van der Waals surface area contributed by atoms with Crippen molar-refractivity contribution in [1.82, 2.24) is 10.1 Å². The van der Waals surface area contributed by atoms with Gasteiger partial charge in [-0.15, -0.1) is 12.4 Å². The van der Waals surface area contributed by atoms with Crippen LogP contribution in [0.2, 0.25) is 0 Å². The predicted molar refractivity (Wildman–Crippen MR) is 68.0 cm³/mol. The van der Waals surface area contributed by atoms with Crippen molar-refractivity contribution in [2.75, 3.05) is 11.9 Å². The minimum absolute atomic E-state index is 0. The summed E-state index contributed by atoms with van der Waals surface area (Å²) in [4.78, 5) is 6.20. The predicted octanol–water partition coefficient (Wildman–Crippen LogP) is 1.59. The van der Waals surface area contributed by atoms with E-state index in [0.717, 1.165) is 5.69 Å². The molecule has 0 fully saturated rings. The fourth-order valence-electron chi connectivity index (χ4n) is 1.42. The molecule has 0 saturated heterocycles. The summed E-state index contributed by atoms with van der Waals surface area (Å²) in [5.41, 5.74) is 6.51. The van der Waals surface area contributed by atoms with Gasteiger partial charge in [0.15, 0.2) is 5.82 Å². The van der Waals surface area contributed by atoms with Crippen LogP contribution in [0, 0.1) is 0 Å². The average Bonchev–Trinajstić information content (AvgIpc) is 2.78. The van der Waals surface area contributed by atoms with Crippen molar-refractivity contribution in [1.29, 1.82) is 0 Å². The van der Waals surface area contributed by atoms with Gasteiger partial charge in [-0.05, 0) is 12.1 Å². The van der Waals surface area contributed by atoms with Crippen molar-refractivity contribution in [3.8, 4) is 0 Å². The van der Waals surface area contributed by atoms with E-state index in [1.807, 2.05) is 42.3 Å². The highest BCUT2D eigenvalue weighted by atomic mass is 35.5. The molecule has 0 spiro atoms. The Balaban J connectivity index is 0.00000144. The minimum atomic E-state index is 0. The van der Waals surface area contributed by atoms with Crippen molar-refractivity contribution >= 4 is 18.1 Å². The topological polar surface area (TPSA) is 68.2 Å². The van der Waals surface area contributed by atoms with Crippen LogP contribution in [0.1, 0.15) is 11.7 Å². The van der Waals surface area contributed by atoms with Gasteiger partial charge in [0.2, 0.25) is 5.89 Å². The van der Waals surface area contributed by atoms with E-state index in [1.54, 1.807) is 0 Å². The first-order valence-electron chi connectivity index (χ1n) is 5.07. The van der Waals surface area contributed by atoms with Crippen LogP contribution in [-0.4, -0.2) is 17.2 Å². The van der Waals surface area contributed by atoms with Crippen LogP contribution in [0.25, 0.3) is 0 Å². The maximum atomic E-state index is 5.40. The first kappa shape index (κ1) is 13.5. The largest absolute Gasteiger partial charge is 0.367 e. The van der Waals surface area contributed by atoms with E-state index >= 15 is 0 Å². The Morgan fingerprint density at radius 3 is 2.59 bits per heavy atom. The van der Waals surface area contributed by atoms with E-state index in [1.165, 1.54) is 0 Å². The molecule has 1 heterocycles. The number of para-hydroxylation sites is 1. The van der Waals surface area contributed by atoms with Crippen molar-refractivity contribution in [3.63, 3.8) is 0 Å². The van der Waals surface area contributed by atoms with Gasteiger partial charge in [0, 0.05) is 12.7 Å². The molecule has 0 radical (unpaired) electrons. The summed E-state index contributed by atoms with van der Waals surface area (Å²) in [5, 5.41) is 3.84. The summed E-state index contributed by atoms with van der Waals surface area (Å²) >= 11 is 0. The second-order valence-electron chi connectivity index (χ2n) is 3.50. The Labute approximate surface area is 106 Å². The van der Waals surface area contributed by atoms with E-state index in [9.17, 15) is 0 Å². The number of aromatic nitrogens is 2. The van der Waals surface area contributed by atoms with Gasteiger partial charge >= 0.3 is 0 Å². The molecular weight excluding hydrogens is 240 g/mol. The molecule has 0 aliphatic carbocycles. The van der Waals surface area contributed by atoms with E-state index in [4.69, 9.17) is 10.3 Å². The molecule has 2 N–H and O–H groups in total. The van der Waals surface area contributed by atoms with Crippen LogP contribution in [0.3, 0.4) is 0 Å². The highest BCUT2D eigenvalue weighted by Crippen LogP contribution is 2.13. The van der Waals surface area contributed by atoms with E-state index in [-0.39, 0.29) is 19.0 Å². The number of nitrogens with two attached hydrogens (primary N) is 1. The van der Waals surface area contributed by atoms with Crippen molar-refractivity contribution in [2.24, 2.45) is 5.73 Å². The molecule has 0 bridgehead atoms. The third kappa shape index (κ3) is 3.44. The second kappa shape index (κ2) is 6.22. The normalized spacial score (nSPS) is 9.76. The van der Waals surface area contributed by atoms with E-state index in [0.29, 0.717) is 18.3 Å². The first-order valence-corrected chi connectivity index (χ1v) is 5.07. The van der Waals surface area contributed by atoms with Gasteiger partial charge in [0.05, 0.1) is 13.1 Å². The second-order valence-corrected chi connectivity index (χ2v) is 3.50. The molecule has 5 nitrogen and oxygen atoms in total. The maximum absolute atomic E-state index is 5.40. The van der Waals surface area contributed by atoms with Crippen LogP contribution < -0.4 is 10.6 Å². The smallest absolute Gasteiger partial charge is 0.240 e. The van der Waals surface area contributed by atoms with Crippen LogP contribution in [0.15, 0.2) is 34.9 Å². The summed E-state index contributed by atoms with van der Waals surface area (Å²) in [6, 6.07) is 10.0. The SMILES string of the molecule is CN(Cc1noc(CN)n1)c1ccccc1.Cl. The molecule has 17 heavy (non-hydrogen) atoms. The minimum Gasteiger partial charge on any atom is -0.367 e. The van der Waals surface area contributed by atoms with Gasteiger partial charge in [0.1, 0.15) is 0 Å². The Morgan fingerprint density at radius 1 is 1.29 bits per heavy atom. The lowest BCUT2D eigenvalue weighted by Gasteiger charge is -2.16. The van der Waals surface area contributed by atoms with Crippen LogP contribution in [-0.2, 0) is 13.1 Å². The van der Waals surface area contributed by atoms with Crippen LogP contribution >= 0.6 is 12.4 Å². The molecule has 0 saturated carbocycles. The number of hydrogen-bond acceptors (Lipinski definition) is 5. The third-order valence-corrected chi connectivity index (χ3v) is 2.26. The standard InChI is InChI=1S/C11H14N4O.ClH/c1-15(9-5-3-2-4-6-9)8-10-13-11(7-12)16-14-10;/h2-6H,7-8,12H2,1H3;1H. The lowest BCUT2D eigenvalue weighted by Crippen LogP contribution is -2.17. The van der Waals surface area contributed by atoms with Crippen molar-refractivity contribution < 1.29 is 4.52 Å². The quantitative estimate of drug-likeness (QED) is 0.897. The summed E-state index contributed by atoms with van der Waals surface area (Å²) in [6.45, 7) is 0.884. The monoisotopic (exact) mass is 254 g/mol. The fraction of sp³-hybridized carbons (Fsp3) is 0.273.